The molecule has 0 aliphatic heterocycles. The molecule has 1 unspecified atom stereocenters. The van der Waals surface area contributed by atoms with Gasteiger partial charge in [0.05, 0.1) is 0 Å². The fourth-order valence-electron chi connectivity index (χ4n) is 26.3. The highest BCUT2D eigenvalue weighted by Gasteiger charge is 2.46. The number of hydrogen-bond donors (Lipinski definition) is 0. The maximum absolute atomic E-state index is 2.43. The number of fused-ring (bicyclic) bond motifs is 34. The third kappa shape index (κ3) is 10.7. The van der Waals surface area contributed by atoms with E-state index < -0.39 is 0 Å². The third-order valence-electron chi connectivity index (χ3n) is 31.9. The molecular formula is C139H80. The lowest BCUT2D eigenvalue weighted by Crippen LogP contribution is -2.00. The first-order valence-electron chi connectivity index (χ1n) is 48.8. The predicted octanol–water partition coefficient (Wildman–Crippen LogP) is 36.4. The first kappa shape index (κ1) is 76.5. The highest BCUT2D eigenvalue weighted by Crippen LogP contribution is 2.68. The molecule has 0 fully saturated rings. The molecule has 24 aromatic carbocycles. The Balaban J connectivity index is 0.0000000966. The summed E-state index contributed by atoms with van der Waals surface area (Å²) in [5.41, 5.74) is 49.8. The van der Waals surface area contributed by atoms with Crippen molar-refractivity contribution in [2.24, 2.45) is 0 Å². The van der Waals surface area contributed by atoms with Crippen LogP contribution in [0.4, 0.5) is 0 Å². The second-order valence-electron chi connectivity index (χ2n) is 38.6. The quantitative estimate of drug-likeness (QED) is 0.156. The van der Waals surface area contributed by atoms with Crippen molar-refractivity contribution in [3.05, 3.63) is 578 Å². The van der Waals surface area contributed by atoms with Crippen molar-refractivity contribution in [2.45, 2.75) is 5.92 Å². The fourth-order valence-corrected chi connectivity index (χ4v) is 26.3. The Hall–Kier alpha value is -17.9. The molecule has 0 saturated carbocycles. The van der Waals surface area contributed by atoms with Gasteiger partial charge in [0.2, 0.25) is 0 Å². The lowest BCUT2D eigenvalue weighted by Gasteiger charge is -2.19. The van der Waals surface area contributed by atoms with E-state index in [1.807, 2.05) is 0 Å². The molecule has 0 bridgehead atoms. The second kappa shape index (κ2) is 29.3. The lowest BCUT2D eigenvalue weighted by molar-refractivity contribution is 1.14. The minimum absolute atomic E-state index is 0.194. The zero-order chi connectivity index (χ0) is 90.5. The number of allylic oxidation sites excluding steroid dienone is 8. The zero-order valence-electron chi connectivity index (χ0n) is 75.7. The average Bonchev–Trinajstić information content (AvgIpc) is 1.53. The van der Waals surface area contributed by atoms with E-state index in [2.05, 4.69) is 479 Å². The summed E-state index contributed by atoms with van der Waals surface area (Å²) >= 11 is 0. The van der Waals surface area contributed by atoms with Gasteiger partial charge < -0.3 is 0 Å². The largest absolute Gasteiger partial charge is 0.0720 e. The van der Waals surface area contributed by atoms with Crippen LogP contribution in [-0.2, 0) is 0 Å². The molecule has 139 heavy (non-hydrogen) atoms. The molecule has 0 heteroatoms. The molecule has 33 rings (SSSR count). The van der Waals surface area contributed by atoms with Gasteiger partial charge in [-0.25, -0.2) is 0 Å². The molecule has 0 heterocycles. The molecule has 0 nitrogen and oxygen atoms in total. The van der Waals surface area contributed by atoms with Crippen molar-refractivity contribution in [1.29, 1.82) is 0 Å². The zero-order valence-corrected chi connectivity index (χ0v) is 75.7. The van der Waals surface area contributed by atoms with E-state index in [9.17, 15) is 0 Å². The van der Waals surface area contributed by atoms with E-state index in [1.54, 1.807) is 0 Å². The van der Waals surface area contributed by atoms with Crippen LogP contribution in [0, 0.1) is 0 Å². The smallest absolute Gasteiger partial charge is 0.0291 e. The first-order chi connectivity index (χ1) is 69.1. The number of rotatable bonds is 6. The van der Waals surface area contributed by atoms with E-state index in [-0.39, 0.29) is 5.92 Å². The van der Waals surface area contributed by atoms with Gasteiger partial charge in [0.1, 0.15) is 0 Å². The molecule has 1 atom stereocenters. The number of benzene rings is 24. The maximum atomic E-state index is 2.43. The van der Waals surface area contributed by atoms with Crippen molar-refractivity contribution < 1.29 is 0 Å². The first-order valence-corrected chi connectivity index (χ1v) is 48.8. The van der Waals surface area contributed by atoms with Gasteiger partial charge in [-0.05, 0) is 324 Å². The van der Waals surface area contributed by atoms with E-state index >= 15 is 0 Å². The summed E-state index contributed by atoms with van der Waals surface area (Å²) in [6, 6.07) is 170. The van der Waals surface area contributed by atoms with Crippen LogP contribution in [0.2, 0.25) is 0 Å². The van der Waals surface area contributed by atoms with Gasteiger partial charge in [0.15, 0.2) is 0 Å². The molecule has 0 radical (unpaired) electrons. The van der Waals surface area contributed by atoms with E-state index in [0.717, 1.165) is 0 Å². The second-order valence-corrected chi connectivity index (χ2v) is 38.6. The van der Waals surface area contributed by atoms with Crippen molar-refractivity contribution in [3.8, 4) is 22.3 Å². The minimum Gasteiger partial charge on any atom is -0.0720 e. The minimum atomic E-state index is 0.194. The van der Waals surface area contributed by atoms with E-state index in [4.69, 9.17) is 0 Å². The normalized spacial score (nSPS) is 14.7. The van der Waals surface area contributed by atoms with Gasteiger partial charge in [-0.15, -0.1) is 0 Å². The monoisotopic (exact) mass is 1750 g/mol. The fraction of sp³-hybridized carbons (Fsp3) is 0.00719. The van der Waals surface area contributed by atoms with E-state index in [0.29, 0.717) is 0 Å². The maximum Gasteiger partial charge on any atom is 0.0291 e. The molecular weight excluding hydrogens is 1670 g/mol. The highest BCUT2D eigenvalue weighted by atomic mass is 14.5. The van der Waals surface area contributed by atoms with Crippen molar-refractivity contribution in [3.63, 3.8) is 0 Å². The standard InChI is InChI=1S/C50H28.C46H26.C43H26/c1-4-15-32-29(11-1)14-9-20-37(32)47-45-33-16-5-2-12-30(33)23-25-42(45)50-48(46-34-17-6-3-13-31(34)24-26-43(46)49(47)50)41-28-27-40-36-19-8-7-18-35(36)38-21-10-22-39(41)44(38)40;1-4-14-32-27(9-1)12-7-17-35(32)43-41-33-15-5-2-10-28(33)21-25-38(41)46-44(37-24-23-31-20-19-30-13-8-18-36(37)40(30)31)42-34-16-6-3-11-29(34)22-26-39(42)45(43)46;1-5-15-30-26(10-1)14-9-19-34(30)40-38-32-17-7-3-12-28(32)21-24-36(38)43-41(35-23-20-27-11-2-6-16-31(27)35)39-33-18-8-4-13-29(33)22-25-37(39)42(40)43/h1-28H;1-26H;1-25,35H. The molecule has 0 spiro atoms. The van der Waals surface area contributed by atoms with Crippen LogP contribution in [-0.4, -0.2) is 0 Å². The molecule has 0 amide bonds. The molecule has 9 aliphatic carbocycles. The molecule has 0 aromatic heterocycles. The topological polar surface area (TPSA) is 0 Å². The van der Waals surface area contributed by atoms with Gasteiger partial charge in [0, 0.05) is 5.92 Å². The summed E-state index contributed by atoms with van der Waals surface area (Å²) in [6.45, 7) is 0. The SMILES string of the molecule is C1=CC(C2=C3C(=C(c4cccc5ccccc45)c4c3ccc3ccccc43)c3ccc4ccccc4c32)c2ccccc21.C1=Cc2ccc(C3=C4C(=C(c5cccc6ccccc56)c5c4ccc4ccccc54)c4ccc5ccccc5c43)c3cccc1c23.c1ccc2c(c1)-c1cccc3c(C4=C5C(=C(c6cccc7ccccc67)c6c5ccc5ccccc65)c5ccc6ccccc6c54)ccc-2c13. The predicted molar refractivity (Wildman–Crippen MR) is 591 cm³/mol. The molecule has 0 N–H and O–H groups in total. The van der Waals surface area contributed by atoms with Crippen LogP contribution < -0.4 is 0 Å². The highest BCUT2D eigenvalue weighted by molar-refractivity contribution is 6.44. The van der Waals surface area contributed by atoms with Crippen LogP contribution in [0.1, 0.15) is 123 Å². The summed E-state index contributed by atoms with van der Waals surface area (Å²) in [5, 5.41) is 28.6. The van der Waals surface area contributed by atoms with Gasteiger partial charge in [-0.3, -0.25) is 0 Å². The number of hydrogen-bond acceptors (Lipinski definition) is 0. The van der Waals surface area contributed by atoms with Crippen LogP contribution in [0.5, 0.6) is 0 Å². The van der Waals surface area contributed by atoms with Gasteiger partial charge >= 0.3 is 0 Å². The Morgan fingerprint density at radius 2 is 0.360 bits per heavy atom. The van der Waals surface area contributed by atoms with Gasteiger partial charge in [-0.2, -0.15) is 0 Å². The Kier molecular flexibility index (Phi) is 16.1. The van der Waals surface area contributed by atoms with Crippen LogP contribution in [0.3, 0.4) is 0 Å². The lowest BCUT2D eigenvalue weighted by atomic mass is 9.83. The average molecular weight is 1750 g/mol. The molecule has 24 aromatic rings. The van der Waals surface area contributed by atoms with E-state index in [1.165, 1.54) is 324 Å². The van der Waals surface area contributed by atoms with Crippen LogP contribution in [0.15, 0.2) is 461 Å². The van der Waals surface area contributed by atoms with Crippen molar-refractivity contribution in [2.75, 3.05) is 0 Å². The summed E-state index contributed by atoms with van der Waals surface area (Å²) in [7, 11) is 0. The van der Waals surface area contributed by atoms with Gasteiger partial charge in [-0.1, -0.05) is 479 Å². The van der Waals surface area contributed by atoms with Crippen molar-refractivity contribution >= 4 is 204 Å². The molecule has 0 saturated heterocycles. The Bertz CT molecular complexity index is 10100. The summed E-state index contributed by atoms with van der Waals surface area (Å²) in [4.78, 5) is 0. The Morgan fingerprint density at radius 1 is 0.122 bits per heavy atom. The summed E-state index contributed by atoms with van der Waals surface area (Å²) in [6.07, 6.45) is 9.27. The molecule has 9 aliphatic rings. The third-order valence-corrected chi connectivity index (χ3v) is 31.9. The van der Waals surface area contributed by atoms with Crippen molar-refractivity contribution in [1.82, 2.24) is 0 Å². The molecule has 636 valence electrons. The van der Waals surface area contributed by atoms with Crippen LogP contribution >= 0.6 is 0 Å². The Labute approximate surface area is 803 Å². The Morgan fingerprint density at radius 3 is 0.770 bits per heavy atom. The van der Waals surface area contributed by atoms with Gasteiger partial charge in [0.25, 0.3) is 0 Å². The summed E-state index contributed by atoms with van der Waals surface area (Å²) < 4.78 is 0. The summed E-state index contributed by atoms with van der Waals surface area (Å²) in [5.74, 6) is 0.194. The van der Waals surface area contributed by atoms with Crippen LogP contribution in [0.25, 0.3) is 226 Å².